The zero-order valence-corrected chi connectivity index (χ0v) is 12.2. The second kappa shape index (κ2) is 5.22. The minimum absolute atomic E-state index is 0.160. The summed E-state index contributed by atoms with van der Waals surface area (Å²) in [7, 11) is 1.66. The lowest BCUT2D eigenvalue weighted by Gasteiger charge is -2.27. The number of ether oxygens (including phenoxy) is 2. The molecule has 0 saturated heterocycles. The quantitative estimate of drug-likeness (QED) is 0.776. The first-order chi connectivity index (χ1) is 10.8. The van der Waals surface area contributed by atoms with Crippen LogP contribution in [0.15, 0.2) is 36.8 Å². The number of nitrogens with one attached hydrogen (secondary N) is 2. The van der Waals surface area contributed by atoms with E-state index in [1.54, 1.807) is 13.4 Å². The van der Waals surface area contributed by atoms with Gasteiger partial charge in [0.1, 0.15) is 24.4 Å². The number of hydrogen-bond acceptors (Lipinski definition) is 5. The van der Waals surface area contributed by atoms with E-state index in [2.05, 4.69) is 26.3 Å². The van der Waals surface area contributed by atoms with Crippen LogP contribution >= 0.6 is 0 Å². The lowest BCUT2D eigenvalue weighted by Crippen LogP contribution is -2.33. The standard InChI is InChI=1S/C16H16N4O2/c1-21-13-4-2-3-10-7-11(8-22-14(10)13)20-16-12-5-6-17-15(12)18-9-19-16/h2-6,9,11H,7-8H2,1H3,(H2,17,18,19,20). The van der Waals surface area contributed by atoms with Gasteiger partial charge in [0, 0.05) is 11.8 Å². The van der Waals surface area contributed by atoms with Gasteiger partial charge in [0.2, 0.25) is 0 Å². The van der Waals surface area contributed by atoms with Gasteiger partial charge in [0.05, 0.1) is 18.5 Å². The van der Waals surface area contributed by atoms with Gasteiger partial charge in [0.15, 0.2) is 11.5 Å². The molecule has 3 heterocycles. The van der Waals surface area contributed by atoms with Gasteiger partial charge in [0.25, 0.3) is 0 Å². The second-order valence-electron chi connectivity index (χ2n) is 5.27. The Bertz CT molecular complexity index is 815. The Kier molecular flexibility index (Phi) is 3.07. The van der Waals surface area contributed by atoms with Crippen LogP contribution in [0.25, 0.3) is 11.0 Å². The summed E-state index contributed by atoms with van der Waals surface area (Å²) in [5.74, 6) is 2.45. The molecule has 0 spiro atoms. The van der Waals surface area contributed by atoms with E-state index in [1.807, 2.05) is 24.4 Å². The molecule has 0 aliphatic carbocycles. The van der Waals surface area contributed by atoms with E-state index in [9.17, 15) is 0 Å². The molecule has 1 aliphatic heterocycles. The van der Waals surface area contributed by atoms with E-state index < -0.39 is 0 Å². The van der Waals surface area contributed by atoms with Gasteiger partial charge in [-0.05, 0) is 18.6 Å². The minimum Gasteiger partial charge on any atom is -0.493 e. The molecule has 1 atom stereocenters. The number of anilines is 1. The highest BCUT2D eigenvalue weighted by molar-refractivity contribution is 5.86. The highest BCUT2D eigenvalue weighted by atomic mass is 16.5. The number of fused-ring (bicyclic) bond motifs is 2. The van der Waals surface area contributed by atoms with Crippen molar-refractivity contribution in [3.8, 4) is 11.5 Å². The lowest BCUT2D eigenvalue weighted by atomic mass is 10.0. The summed E-state index contributed by atoms with van der Waals surface area (Å²) in [6.45, 7) is 0.573. The van der Waals surface area contributed by atoms with Crippen molar-refractivity contribution >= 4 is 16.9 Å². The van der Waals surface area contributed by atoms with E-state index in [1.165, 1.54) is 0 Å². The fourth-order valence-corrected chi connectivity index (χ4v) is 2.83. The Morgan fingerprint density at radius 3 is 3.18 bits per heavy atom. The van der Waals surface area contributed by atoms with E-state index in [0.29, 0.717) is 6.61 Å². The number of aromatic amines is 1. The predicted octanol–water partition coefficient (Wildman–Crippen LogP) is 2.38. The molecule has 2 N–H and O–H groups in total. The van der Waals surface area contributed by atoms with Crippen molar-refractivity contribution in [2.24, 2.45) is 0 Å². The third kappa shape index (κ3) is 2.13. The highest BCUT2D eigenvalue weighted by Crippen LogP contribution is 2.35. The van der Waals surface area contributed by atoms with Gasteiger partial charge in [-0.2, -0.15) is 0 Å². The van der Waals surface area contributed by atoms with Crippen molar-refractivity contribution in [1.82, 2.24) is 15.0 Å². The van der Waals surface area contributed by atoms with Crippen LogP contribution < -0.4 is 14.8 Å². The van der Waals surface area contributed by atoms with Gasteiger partial charge >= 0.3 is 0 Å². The summed E-state index contributed by atoms with van der Waals surface area (Å²) in [4.78, 5) is 11.6. The van der Waals surface area contributed by atoms with Crippen LogP contribution in [0.3, 0.4) is 0 Å². The van der Waals surface area contributed by atoms with Crippen molar-refractivity contribution in [2.75, 3.05) is 19.0 Å². The van der Waals surface area contributed by atoms with Gasteiger partial charge in [-0.25, -0.2) is 9.97 Å². The molecule has 0 bridgehead atoms. The summed E-state index contributed by atoms with van der Waals surface area (Å²) in [6.07, 6.45) is 4.28. The van der Waals surface area contributed by atoms with Crippen LogP contribution in [0.4, 0.5) is 5.82 Å². The second-order valence-corrected chi connectivity index (χ2v) is 5.27. The fraction of sp³-hybridized carbons (Fsp3) is 0.250. The minimum atomic E-state index is 0.160. The van der Waals surface area contributed by atoms with Crippen molar-refractivity contribution < 1.29 is 9.47 Å². The van der Waals surface area contributed by atoms with Crippen LogP contribution in [0.1, 0.15) is 5.56 Å². The van der Waals surface area contributed by atoms with Crippen LogP contribution in [-0.2, 0) is 6.42 Å². The number of benzene rings is 1. The molecule has 112 valence electrons. The SMILES string of the molecule is COc1cccc2c1OCC(Nc1ncnc3[nH]ccc13)C2. The van der Waals surface area contributed by atoms with Crippen molar-refractivity contribution in [2.45, 2.75) is 12.5 Å². The summed E-state index contributed by atoms with van der Waals surface area (Å²) < 4.78 is 11.2. The zero-order valence-electron chi connectivity index (χ0n) is 12.2. The third-order valence-electron chi connectivity index (χ3n) is 3.87. The number of aromatic nitrogens is 3. The van der Waals surface area contributed by atoms with Crippen LogP contribution in [0.2, 0.25) is 0 Å². The monoisotopic (exact) mass is 296 g/mol. The number of para-hydroxylation sites is 1. The predicted molar refractivity (Wildman–Crippen MR) is 83.5 cm³/mol. The number of H-pyrrole nitrogens is 1. The first-order valence-corrected chi connectivity index (χ1v) is 7.18. The van der Waals surface area contributed by atoms with Crippen molar-refractivity contribution in [3.63, 3.8) is 0 Å². The summed E-state index contributed by atoms with van der Waals surface area (Å²) in [6, 6.07) is 8.10. The molecule has 0 saturated carbocycles. The molecule has 0 radical (unpaired) electrons. The maximum atomic E-state index is 5.89. The van der Waals surface area contributed by atoms with Gasteiger partial charge in [-0.15, -0.1) is 0 Å². The van der Waals surface area contributed by atoms with Gasteiger partial charge in [-0.3, -0.25) is 0 Å². The van der Waals surface area contributed by atoms with Gasteiger partial charge < -0.3 is 19.8 Å². The van der Waals surface area contributed by atoms with E-state index >= 15 is 0 Å². The fourth-order valence-electron chi connectivity index (χ4n) is 2.83. The molecule has 3 aromatic rings. The number of nitrogens with zero attached hydrogens (tertiary/aromatic N) is 2. The zero-order chi connectivity index (χ0) is 14.9. The van der Waals surface area contributed by atoms with E-state index in [-0.39, 0.29) is 6.04 Å². The molecular formula is C16H16N4O2. The Hall–Kier alpha value is -2.76. The number of rotatable bonds is 3. The van der Waals surface area contributed by atoms with Crippen LogP contribution in [-0.4, -0.2) is 34.7 Å². The number of hydrogen-bond donors (Lipinski definition) is 2. The average molecular weight is 296 g/mol. The van der Waals surface area contributed by atoms with Crippen LogP contribution in [0.5, 0.6) is 11.5 Å². The highest BCUT2D eigenvalue weighted by Gasteiger charge is 2.23. The molecule has 6 heteroatoms. The normalized spacial score (nSPS) is 16.9. The van der Waals surface area contributed by atoms with Crippen molar-refractivity contribution in [3.05, 3.63) is 42.4 Å². The van der Waals surface area contributed by atoms with Crippen LogP contribution in [0, 0.1) is 0 Å². The molecule has 1 aliphatic rings. The van der Waals surface area contributed by atoms with E-state index in [4.69, 9.17) is 9.47 Å². The molecule has 2 aromatic heterocycles. The smallest absolute Gasteiger partial charge is 0.164 e. The Morgan fingerprint density at radius 1 is 1.32 bits per heavy atom. The third-order valence-corrected chi connectivity index (χ3v) is 3.87. The molecule has 22 heavy (non-hydrogen) atoms. The topological polar surface area (TPSA) is 72.1 Å². The van der Waals surface area contributed by atoms with E-state index in [0.717, 1.165) is 40.3 Å². The largest absolute Gasteiger partial charge is 0.493 e. The molecule has 6 nitrogen and oxygen atoms in total. The average Bonchev–Trinajstić information content (AvgIpc) is 3.04. The molecular weight excluding hydrogens is 280 g/mol. The Morgan fingerprint density at radius 2 is 2.27 bits per heavy atom. The first kappa shape index (κ1) is 12.9. The maximum Gasteiger partial charge on any atom is 0.164 e. The molecule has 4 rings (SSSR count). The molecule has 0 fully saturated rings. The Labute approximate surface area is 127 Å². The van der Waals surface area contributed by atoms with Gasteiger partial charge in [-0.1, -0.05) is 12.1 Å². The maximum absolute atomic E-state index is 5.89. The summed E-state index contributed by atoms with van der Waals surface area (Å²) >= 11 is 0. The van der Waals surface area contributed by atoms with Crippen molar-refractivity contribution in [1.29, 1.82) is 0 Å². The first-order valence-electron chi connectivity index (χ1n) is 7.18. The molecule has 1 unspecified atom stereocenters. The summed E-state index contributed by atoms with van der Waals surface area (Å²) in [5.41, 5.74) is 1.97. The lowest BCUT2D eigenvalue weighted by molar-refractivity contribution is 0.256. The molecule has 1 aromatic carbocycles. The number of methoxy groups -OCH3 is 1. The molecule has 0 amide bonds. The Balaban J connectivity index is 1.59. The summed E-state index contributed by atoms with van der Waals surface area (Å²) in [5, 5.41) is 4.44.